The van der Waals surface area contributed by atoms with E-state index in [0.29, 0.717) is 32.5 Å². The van der Waals surface area contributed by atoms with Crippen molar-refractivity contribution in [1.29, 1.82) is 0 Å². The Morgan fingerprint density at radius 2 is 1.81 bits per heavy atom. The molecule has 2 rings (SSSR count). The van der Waals surface area contributed by atoms with Crippen LogP contribution in [0.1, 0.15) is 52.9 Å². The van der Waals surface area contributed by atoms with Crippen molar-refractivity contribution in [2.24, 2.45) is 22.7 Å². The minimum atomic E-state index is -0.833. The number of carboxylic acid groups (broad SMARTS) is 1. The second-order valence-electron chi connectivity index (χ2n) is 7.94. The molecule has 0 aromatic heterocycles. The van der Waals surface area contributed by atoms with Gasteiger partial charge in [0.25, 0.3) is 5.97 Å². The Kier molecular flexibility index (Phi) is 8.96. The average Bonchev–Trinajstić information content (AvgIpc) is 2.61. The van der Waals surface area contributed by atoms with E-state index in [4.69, 9.17) is 19.4 Å². The first-order chi connectivity index (χ1) is 12.6. The molecule has 0 aliphatic heterocycles. The summed E-state index contributed by atoms with van der Waals surface area (Å²) in [5, 5.41) is 7.42. The van der Waals surface area contributed by atoms with Crippen molar-refractivity contribution in [1.82, 2.24) is 0 Å². The number of methoxy groups -OCH3 is 2. The fourth-order valence-corrected chi connectivity index (χ4v) is 7.21. The quantitative estimate of drug-likeness (QED) is 0.318. The summed E-state index contributed by atoms with van der Waals surface area (Å²) in [4.78, 5) is 33.5. The predicted octanol–water partition coefficient (Wildman–Crippen LogP) is 3.54. The first-order valence-corrected chi connectivity index (χ1v) is 13.3. The SMILES string of the molecule is CC(=O)O.COC(=O)CC1C([CH2][Hg])=CC[C@H]2[C@@](C)(C(=O)OC)CCC[C@]12C. The number of hydrogen-bond donors (Lipinski definition) is 1. The maximum absolute atomic E-state index is 12.5. The van der Waals surface area contributed by atoms with E-state index in [1.807, 2.05) is 0 Å². The maximum atomic E-state index is 12.5. The molecule has 1 N–H and O–H groups in total. The second kappa shape index (κ2) is 10.0. The van der Waals surface area contributed by atoms with Gasteiger partial charge in [-0.1, -0.05) is 0 Å². The van der Waals surface area contributed by atoms with Crippen molar-refractivity contribution >= 4 is 17.9 Å². The molecule has 27 heavy (non-hydrogen) atoms. The van der Waals surface area contributed by atoms with Crippen molar-refractivity contribution < 1.29 is 55.1 Å². The summed E-state index contributed by atoms with van der Waals surface area (Å²) in [6, 6.07) is 0. The van der Waals surface area contributed by atoms with E-state index in [1.54, 1.807) is 0 Å². The van der Waals surface area contributed by atoms with E-state index in [9.17, 15) is 9.59 Å². The fourth-order valence-electron chi connectivity index (χ4n) is 5.06. The van der Waals surface area contributed by atoms with E-state index in [0.717, 1.165) is 36.5 Å². The first-order valence-electron chi connectivity index (χ1n) is 9.39. The van der Waals surface area contributed by atoms with Crippen LogP contribution >= 0.6 is 0 Å². The van der Waals surface area contributed by atoms with Gasteiger partial charge in [-0.05, 0) is 0 Å². The van der Waals surface area contributed by atoms with Gasteiger partial charge < -0.3 is 5.11 Å². The van der Waals surface area contributed by atoms with Crippen LogP contribution in [0.3, 0.4) is 0 Å². The average molecular weight is 568 g/mol. The van der Waals surface area contributed by atoms with Crippen LogP contribution in [0.2, 0.25) is 3.93 Å². The van der Waals surface area contributed by atoms with Gasteiger partial charge in [-0.2, -0.15) is 0 Å². The monoisotopic (exact) mass is 569 g/mol. The van der Waals surface area contributed by atoms with Gasteiger partial charge in [0.1, 0.15) is 0 Å². The molecule has 2 aliphatic carbocycles. The molecule has 1 saturated carbocycles. The number of carbonyl (C=O) groups is 3. The summed E-state index contributed by atoms with van der Waals surface area (Å²) in [5.74, 6) is -0.642. The molecular formula is C20H31HgO6. The topological polar surface area (TPSA) is 89.9 Å². The van der Waals surface area contributed by atoms with Crippen LogP contribution in [0.4, 0.5) is 0 Å². The van der Waals surface area contributed by atoms with E-state index in [1.165, 1.54) is 19.8 Å². The predicted molar refractivity (Wildman–Crippen MR) is 96.5 cm³/mol. The summed E-state index contributed by atoms with van der Waals surface area (Å²) in [5.41, 5.74) is 0.943. The molecule has 1 fully saturated rings. The van der Waals surface area contributed by atoms with E-state index < -0.39 is 11.4 Å². The van der Waals surface area contributed by atoms with Crippen molar-refractivity contribution in [3.8, 4) is 0 Å². The van der Waals surface area contributed by atoms with Crippen molar-refractivity contribution in [3.05, 3.63) is 11.6 Å². The third-order valence-electron chi connectivity index (χ3n) is 6.37. The Balaban J connectivity index is 0.000000828. The van der Waals surface area contributed by atoms with Gasteiger partial charge in [-0.3, -0.25) is 4.79 Å². The molecule has 0 bridgehead atoms. The van der Waals surface area contributed by atoms with Gasteiger partial charge in [0, 0.05) is 6.92 Å². The normalized spacial score (nSPS) is 32.2. The van der Waals surface area contributed by atoms with Crippen LogP contribution in [-0.4, -0.2) is 37.2 Å². The van der Waals surface area contributed by atoms with Crippen LogP contribution in [0.15, 0.2) is 11.6 Å². The minimum absolute atomic E-state index is 0.0289. The summed E-state index contributed by atoms with van der Waals surface area (Å²) >= 11 is 0.666. The van der Waals surface area contributed by atoms with Crippen molar-refractivity contribution in [3.63, 3.8) is 0 Å². The molecule has 2 aliphatic rings. The summed E-state index contributed by atoms with van der Waals surface area (Å²) < 4.78 is 11.2. The van der Waals surface area contributed by atoms with Crippen LogP contribution < -0.4 is 0 Å². The van der Waals surface area contributed by atoms with Crippen LogP contribution in [0.5, 0.6) is 0 Å². The zero-order valence-electron chi connectivity index (χ0n) is 17.2. The second-order valence-corrected chi connectivity index (χ2v) is 9.88. The van der Waals surface area contributed by atoms with Gasteiger partial charge in [-0.25, -0.2) is 0 Å². The summed E-state index contributed by atoms with van der Waals surface area (Å²) in [6.45, 7) is 5.42. The zero-order valence-corrected chi connectivity index (χ0v) is 22.7. The number of fused-ring (bicyclic) bond motifs is 1. The fraction of sp³-hybridized carbons (Fsp3) is 0.750. The molecule has 0 aromatic rings. The third-order valence-corrected chi connectivity index (χ3v) is 8.62. The molecule has 4 atom stereocenters. The number of hydrogen-bond acceptors (Lipinski definition) is 5. The molecule has 0 amide bonds. The Morgan fingerprint density at radius 1 is 1.22 bits per heavy atom. The first kappa shape index (κ1) is 24.1. The number of rotatable bonds is 4. The number of carboxylic acids is 1. The summed E-state index contributed by atoms with van der Waals surface area (Å²) in [6.07, 6.45) is 6.61. The number of esters is 2. The van der Waals surface area contributed by atoms with Gasteiger partial charge in [-0.15, -0.1) is 0 Å². The Labute approximate surface area is 178 Å². The van der Waals surface area contributed by atoms with Crippen LogP contribution in [-0.2, 0) is 50.0 Å². The van der Waals surface area contributed by atoms with E-state index in [2.05, 4.69) is 19.9 Å². The van der Waals surface area contributed by atoms with Gasteiger partial charge in [0.2, 0.25) is 0 Å². The molecule has 0 heterocycles. The number of allylic oxidation sites excluding steroid dienone is 2. The van der Waals surface area contributed by atoms with Gasteiger partial charge >= 0.3 is 156 Å². The molecule has 6 nitrogen and oxygen atoms in total. The molecule has 0 saturated heterocycles. The standard InChI is InChI=1S/C18H27O4.C2H4O2.Hg/c1-12-7-8-14-17(2,13(12)11-15(19)21-4)9-6-10-18(14,3)16(20)22-5;1-2(3)4;/h7,13-14H,1,6,8-11H2,2-5H3;1H3,(H,3,4);/t13?,14-,17-,18+;;/m1../s1. The number of aliphatic carboxylic acids is 1. The molecule has 0 spiro atoms. The Hall–Kier alpha value is -0.915. The molecule has 0 radical (unpaired) electrons. The van der Waals surface area contributed by atoms with E-state index >= 15 is 0 Å². The molecule has 0 aromatic carbocycles. The molecule has 149 valence electrons. The number of carbonyl (C=O) groups excluding carboxylic acids is 2. The Bertz CT molecular complexity index is 597. The van der Waals surface area contributed by atoms with Crippen molar-refractivity contribution in [2.75, 3.05) is 14.2 Å². The van der Waals surface area contributed by atoms with Gasteiger partial charge in [0.05, 0.1) is 0 Å². The van der Waals surface area contributed by atoms with Gasteiger partial charge in [0.15, 0.2) is 0 Å². The van der Waals surface area contributed by atoms with Crippen molar-refractivity contribution in [2.45, 2.75) is 56.8 Å². The number of ether oxygens (including phenoxy) is 2. The van der Waals surface area contributed by atoms with Crippen LogP contribution in [0, 0.1) is 22.7 Å². The summed E-state index contributed by atoms with van der Waals surface area (Å²) in [7, 11) is 2.94. The zero-order chi connectivity index (χ0) is 20.8. The molecular weight excluding hydrogens is 537 g/mol. The van der Waals surface area contributed by atoms with E-state index in [-0.39, 0.29) is 29.2 Å². The molecule has 1 unspecified atom stereocenters. The third kappa shape index (κ3) is 5.33. The van der Waals surface area contributed by atoms with Crippen LogP contribution in [0.25, 0.3) is 0 Å². The molecule has 7 heteroatoms. The Morgan fingerprint density at radius 3 is 2.30 bits per heavy atom.